The predicted octanol–water partition coefficient (Wildman–Crippen LogP) is 3.54. The number of carboxylic acids is 1. The standard InChI is InChI=1S/C14H18F3NO3/c1-13(2,3)21-18-11(8-12(19)20)9-5-4-6-10(7-9)14(15,16)17/h4-7,11,18H,8H2,1-3H3,(H,19,20). The summed E-state index contributed by atoms with van der Waals surface area (Å²) in [7, 11) is 0. The molecule has 7 heteroatoms. The van der Waals surface area contributed by atoms with Crippen molar-refractivity contribution in [1.82, 2.24) is 5.48 Å². The quantitative estimate of drug-likeness (QED) is 0.817. The summed E-state index contributed by atoms with van der Waals surface area (Å²) in [6.45, 7) is 5.22. The van der Waals surface area contributed by atoms with E-state index in [9.17, 15) is 18.0 Å². The fraction of sp³-hybridized carbons (Fsp3) is 0.500. The highest BCUT2D eigenvalue weighted by Gasteiger charge is 2.31. The summed E-state index contributed by atoms with van der Waals surface area (Å²) in [6, 6.07) is 3.66. The number of alkyl halides is 3. The van der Waals surface area contributed by atoms with Crippen molar-refractivity contribution in [3.63, 3.8) is 0 Å². The van der Waals surface area contributed by atoms with E-state index in [0.717, 1.165) is 12.1 Å². The lowest BCUT2D eigenvalue weighted by atomic mass is 10.0. The first kappa shape index (κ1) is 17.5. The third-order valence-electron chi connectivity index (χ3n) is 2.50. The van der Waals surface area contributed by atoms with Gasteiger partial charge in [0.1, 0.15) is 0 Å². The number of nitrogens with one attached hydrogen (secondary N) is 1. The zero-order valence-corrected chi connectivity index (χ0v) is 12.0. The minimum atomic E-state index is -4.48. The molecule has 0 spiro atoms. The highest BCUT2D eigenvalue weighted by Crippen LogP contribution is 2.31. The molecule has 1 atom stereocenters. The van der Waals surface area contributed by atoms with E-state index < -0.39 is 35.8 Å². The van der Waals surface area contributed by atoms with E-state index in [0.29, 0.717) is 0 Å². The Labute approximate surface area is 120 Å². The number of carbonyl (C=O) groups is 1. The molecule has 0 aliphatic rings. The van der Waals surface area contributed by atoms with Crippen LogP contribution in [0.15, 0.2) is 24.3 Å². The Kier molecular flexibility index (Phi) is 5.36. The van der Waals surface area contributed by atoms with Crippen molar-refractivity contribution in [3.8, 4) is 0 Å². The van der Waals surface area contributed by atoms with Crippen molar-refractivity contribution in [1.29, 1.82) is 0 Å². The number of hydrogen-bond donors (Lipinski definition) is 2. The molecule has 21 heavy (non-hydrogen) atoms. The maximum absolute atomic E-state index is 12.7. The van der Waals surface area contributed by atoms with Gasteiger partial charge in [-0.2, -0.15) is 18.7 Å². The zero-order valence-electron chi connectivity index (χ0n) is 12.0. The number of rotatable bonds is 5. The molecule has 0 bridgehead atoms. The van der Waals surface area contributed by atoms with Crippen LogP contribution < -0.4 is 5.48 Å². The summed E-state index contributed by atoms with van der Waals surface area (Å²) < 4.78 is 38.1. The normalized spacial score (nSPS) is 14.0. The van der Waals surface area contributed by atoms with Crippen LogP contribution in [-0.4, -0.2) is 16.7 Å². The number of hydroxylamine groups is 1. The SMILES string of the molecule is CC(C)(C)ONC(CC(=O)O)c1cccc(C(F)(F)F)c1. The van der Waals surface area contributed by atoms with Crippen LogP contribution in [0.3, 0.4) is 0 Å². The molecule has 1 aromatic rings. The first-order valence-corrected chi connectivity index (χ1v) is 6.31. The fourth-order valence-electron chi connectivity index (χ4n) is 1.58. The Balaban J connectivity index is 3.00. The zero-order chi connectivity index (χ0) is 16.3. The molecule has 0 aromatic heterocycles. The van der Waals surface area contributed by atoms with E-state index in [4.69, 9.17) is 9.94 Å². The second kappa shape index (κ2) is 6.44. The highest BCUT2D eigenvalue weighted by molar-refractivity contribution is 5.67. The molecule has 4 nitrogen and oxygen atoms in total. The fourth-order valence-corrected chi connectivity index (χ4v) is 1.58. The van der Waals surface area contributed by atoms with Gasteiger partial charge in [-0.05, 0) is 38.5 Å². The summed E-state index contributed by atoms with van der Waals surface area (Å²) in [4.78, 5) is 16.1. The summed E-state index contributed by atoms with van der Waals surface area (Å²) >= 11 is 0. The van der Waals surface area contributed by atoms with Crippen molar-refractivity contribution in [2.75, 3.05) is 0 Å². The van der Waals surface area contributed by atoms with Crippen molar-refractivity contribution < 1.29 is 27.9 Å². The topological polar surface area (TPSA) is 58.6 Å². The molecule has 1 rings (SSSR count). The van der Waals surface area contributed by atoms with Gasteiger partial charge in [0.25, 0.3) is 0 Å². The lowest BCUT2D eigenvalue weighted by molar-refractivity contribution is -0.141. The average Bonchev–Trinajstić information content (AvgIpc) is 2.32. The number of aliphatic carboxylic acids is 1. The first-order chi connectivity index (χ1) is 9.49. The van der Waals surface area contributed by atoms with Crippen LogP contribution in [0, 0.1) is 0 Å². The molecule has 0 saturated heterocycles. The van der Waals surface area contributed by atoms with Gasteiger partial charge in [-0.1, -0.05) is 12.1 Å². The third kappa shape index (κ3) is 6.14. The van der Waals surface area contributed by atoms with Gasteiger partial charge in [0.2, 0.25) is 0 Å². The molecular formula is C14H18F3NO3. The molecule has 0 radical (unpaired) electrons. The van der Waals surface area contributed by atoms with Crippen LogP contribution in [0.1, 0.15) is 44.4 Å². The van der Waals surface area contributed by atoms with E-state index in [1.54, 1.807) is 20.8 Å². The van der Waals surface area contributed by atoms with Crippen LogP contribution in [0.5, 0.6) is 0 Å². The Bertz CT molecular complexity index is 495. The van der Waals surface area contributed by atoms with E-state index >= 15 is 0 Å². The molecule has 0 amide bonds. The lowest BCUT2D eigenvalue weighted by Gasteiger charge is -2.25. The minimum Gasteiger partial charge on any atom is -0.481 e. The summed E-state index contributed by atoms with van der Waals surface area (Å²) in [5, 5.41) is 8.89. The predicted molar refractivity (Wildman–Crippen MR) is 70.4 cm³/mol. The Morgan fingerprint density at radius 2 is 1.95 bits per heavy atom. The van der Waals surface area contributed by atoms with Gasteiger partial charge in [0.05, 0.1) is 23.6 Å². The molecular weight excluding hydrogens is 287 g/mol. The van der Waals surface area contributed by atoms with E-state index in [2.05, 4.69) is 5.48 Å². The molecule has 1 aromatic carbocycles. The monoisotopic (exact) mass is 305 g/mol. The largest absolute Gasteiger partial charge is 0.481 e. The summed E-state index contributed by atoms with van der Waals surface area (Å²) in [6.07, 6.45) is -4.87. The van der Waals surface area contributed by atoms with Gasteiger partial charge in [0, 0.05) is 0 Å². The molecule has 0 saturated carbocycles. The van der Waals surface area contributed by atoms with Crippen LogP contribution in [0.4, 0.5) is 13.2 Å². The Morgan fingerprint density at radius 3 is 2.43 bits per heavy atom. The number of carboxylic acid groups (broad SMARTS) is 1. The van der Waals surface area contributed by atoms with E-state index in [1.807, 2.05) is 0 Å². The van der Waals surface area contributed by atoms with Crippen LogP contribution >= 0.6 is 0 Å². The highest BCUT2D eigenvalue weighted by atomic mass is 19.4. The van der Waals surface area contributed by atoms with Crippen molar-refractivity contribution in [2.24, 2.45) is 0 Å². The molecule has 1 unspecified atom stereocenters. The molecule has 0 heterocycles. The summed E-state index contributed by atoms with van der Waals surface area (Å²) in [5.74, 6) is -1.14. The average molecular weight is 305 g/mol. The molecule has 0 aliphatic heterocycles. The van der Waals surface area contributed by atoms with Crippen LogP contribution in [0.2, 0.25) is 0 Å². The Hall–Kier alpha value is -1.60. The minimum absolute atomic E-state index is 0.205. The second-order valence-corrected chi connectivity index (χ2v) is 5.61. The van der Waals surface area contributed by atoms with Crippen molar-refractivity contribution in [2.45, 2.75) is 45.0 Å². The Morgan fingerprint density at radius 1 is 1.33 bits per heavy atom. The van der Waals surface area contributed by atoms with Gasteiger partial charge in [-0.25, -0.2) is 0 Å². The van der Waals surface area contributed by atoms with Crippen molar-refractivity contribution >= 4 is 5.97 Å². The number of benzene rings is 1. The molecule has 0 fully saturated rings. The molecule has 2 N–H and O–H groups in total. The van der Waals surface area contributed by atoms with E-state index in [1.165, 1.54) is 12.1 Å². The number of halogens is 3. The van der Waals surface area contributed by atoms with Crippen LogP contribution in [-0.2, 0) is 15.8 Å². The molecule has 0 aliphatic carbocycles. The van der Waals surface area contributed by atoms with E-state index in [-0.39, 0.29) is 5.56 Å². The molecule has 118 valence electrons. The smallest absolute Gasteiger partial charge is 0.416 e. The van der Waals surface area contributed by atoms with Gasteiger partial charge >= 0.3 is 12.1 Å². The van der Waals surface area contributed by atoms with Gasteiger partial charge in [-0.3, -0.25) is 9.63 Å². The van der Waals surface area contributed by atoms with Crippen LogP contribution in [0.25, 0.3) is 0 Å². The second-order valence-electron chi connectivity index (χ2n) is 5.61. The number of hydrogen-bond acceptors (Lipinski definition) is 3. The maximum Gasteiger partial charge on any atom is 0.416 e. The summed E-state index contributed by atoms with van der Waals surface area (Å²) in [5.41, 5.74) is 1.32. The van der Waals surface area contributed by atoms with Gasteiger partial charge in [-0.15, -0.1) is 0 Å². The van der Waals surface area contributed by atoms with Gasteiger partial charge < -0.3 is 5.11 Å². The lowest BCUT2D eigenvalue weighted by Crippen LogP contribution is -2.33. The maximum atomic E-state index is 12.7. The first-order valence-electron chi connectivity index (χ1n) is 6.31. The van der Waals surface area contributed by atoms with Gasteiger partial charge in [0.15, 0.2) is 0 Å². The van der Waals surface area contributed by atoms with Crippen molar-refractivity contribution in [3.05, 3.63) is 35.4 Å². The third-order valence-corrected chi connectivity index (χ3v) is 2.50.